The quantitative estimate of drug-likeness (QED) is 0.718. The molecule has 4 nitrogen and oxygen atoms in total. The fourth-order valence-electron chi connectivity index (χ4n) is 1.81. The molecule has 0 spiro atoms. The second-order valence-corrected chi connectivity index (χ2v) is 4.97. The molecule has 2 N–H and O–H groups in total. The maximum atomic E-state index is 9.79. The number of aliphatic hydroxyl groups is 1. The van der Waals surface area contributed by atoms with Crippen molar-refractivity contribution in [3.8, 4) is 5.75 Å². The zero-order valence-corrected chi connectivity index (χ0v) is 12.5. The van der Waals surface area contributed by atoms with Crippen LogP contribution in [-0.2, 0) is 4.74 Å². The summed E-state index contributed by atoms with van der Waals surface area (Å²) in [5.74, 6) is 0.792. The lowest BCUT2D eigenvalue weighted by Crippen LogP contribution is -2.33. The van der Waals surface area contributed by atoms with E-state index in [1.54, 1.807) is 7.11 Å². The van der Waals surface area contributed by atoms with Crippen LogP contribution >= 0.6 is 11.6 Å². The molecule has 1 atom stereocenters. The van der Waals surface area contributed by atoms with Crippen molar-refractivity contribution in [2.75, 3.05) is 33.4 Å². The van der Waals surface area contributed by atoms with Gasteiger partial charge in [-0.15, -0.1) is 0 Å². The number of methoxy groups -OCH3 is 1. The highest BCUT2D eigenvalue weighted by molar-refractivity contribution is 6.30. The van der Waals surface area contributed by atoms with Crippen molar-refractivity contribution >= 4 is 11.6 Å². The summed E-state index contributed by atoms with van der Waals surface area (Å²) in [5.41, 5.74) is 1.95. The Hall–Kier alpha value is -0.810. The topological polar surface area (TPSA) is 50.7 Å². The summed E-state index contributed by atoms with van der Waals surface area (Å²) in [4.78, 5) is 0. The van der Waals surface area contributed by atoms with Gasteiger partial charge < -0.3 is 19.9 Å². The van der Waals surface area contributed by atoms with Gasteiger partial charge in [0.1, 0.15) is 18.5 Å². The van der Waals surface area contributed by atoms with Crippen LogP contribution in [0.25, 0.3) is 0 Å². The van der Waals surface area contributed by atoms with Gasteiger partial charge >= 0.3 is 0 Å². The van der Waals surface area contributed by atoms with Crippen molar-refractivity contribution in [1.82, 2.24) is 5.32 Å². The number of hydrogen-bond donors (Lipinski definition) is 2. The molecular weight excluding hydrogens is 266 g/mol. The molecule has 0 saturated carbocycles. The Morgan fingerprint density at radius 1 is 1.32 bits per heavy atom. The predicted octanol–water partition coefficient (Wildman–Crippen LogP) is 1.93. The lowest BCUT2D eigenvalue weighted by molar-refractivity contribution is 0.103. The van der Waals surface area contributed by atoms with Crippen molar-refractivity contribution in [1.29, 1.82) is 0 Å². The van der Waals surface area contributed by atoms with Gasteiger partial charge in [-0.25, -0.2) is 0 Å². The van der Waals surface area contributed by atoms with E-state index in [9.17, 15) is 5.11 Å². The summed E-state index contributed by atoms with van der Waals surface area (Å²) in [6, 6.07) is 3.71. The molecule has 108 valence electrons. The van der Waals surface area contributed by atoms with Gasteiger partial charge in [-0.2, -0.15) is 0 Å². The molecule has 0 bridgehead atoms. The number of aryl methyl sites for hydroxylation is 2. The molecular formula is C14H22ClNO3. The Morgan fingerprint density at radius 2 is 1.95 bits per heavy atom. The molecule has 0 radical (unpaired) electrons. The minimum Gasteiger partial charge on any atom is -0.490 e. The number of hydrogen-bond acceptors (Lipinski definition) is 4. The van der Waals surface area contributed by atoms with Crippen molar-refractivity contribution in [2.24, 2.45) is 0 Å². The molecule has 5 heteroatoms. The van der Waals surface area contributed by atoms with E-state index in [-0.39, 0.29) is 6.61 Å². The molecule has 1 aromatic carbocycles. The standard InChI is InChI=1S/C14H22ClNO3/c1-10-6-12(15)7-11(2)14(10)19-9-13(17)8-16-4-5-18-3/h6-7,13,16-17H,4-5,8-9H2,1-3H3/t13-/m1/s1. The lowest BCUT2D eigenvalue weighted by Gasteiger charge is -2.16. The normalized spacial score (nSPS) is 12.5. The summed E-state index contributed by atoms with van der Waals surface area (Å²) in [5, 5.41) is 13.6. The molecule has 0 amide bonds. The number of rotatable bonds is 8. The first-order valence-electron chi connectivity index (χ1n) is 6.32. The molecule has 0 fully saturated rings. The summed E-state index contributed by atoms with van der Waals surface area (Å²) in [7, 11) is 1.65. The Labute approximate surface area is 119 Å². The highest BCUT2D eigenvalue weighted by atomic mass is 35.5. The predicted molar refractivity (Wildman–Crippen MR) is 77.2 cm³/mol. The van der Waals surface area contributed by atoms with Crippen LogP contribution in [0.15, 0.2) is 12.1 Å². The first-order valence-corrected chi connectivity index (χ1v) is 6.69. The molecule has 19 heavy (non-hydrogen) atoms. The van der Waals surface area contributed by atoms with E-state index in [0.717, 1.165) is 16.9 Å². The fraction of sp³-hybridized carbons (Fsp3) is 0.571. The third-order valence-electron chi connectivity index (χ3n) is 2.71. The monoisotopic (exact) mass is 287 g/mol. The van der Waals surface area contributed by atoms with Crippen LogP contribution in [0.3, 0.4) is 0 Å². The van der Waals surface area contributed by atoms with Crippen LogP contribution < -0.4 is 10.1 Å². The molecule has 1 aromatic rings. The van der Waals surface area contributed by atoms with Gasteiger partial charge in [-0.1, -0.05) is 11.6 Å². The van der Waals surface area contributed by atoms with Gasteiger partial charge in [0.25, 0.3) is 0 Å². The number of aliphatic hydroxyl groups excluding tert-OH is 1. The number of halogens is 1. The number of nitrogens with one attached hydrogen (secondary N) is 1. The van der Waals surface area contributed by atoms with Crippen LogP contribution in [0.5, 0.6) is 5.75 Å². The molecule has 0 aliphatic rings. The van der Waals surface area contributed by atoms with Gasteiger partial charge in [0.15, 0.2) is 0 Å². The van der Waals surface area contributed by atoms with Gasteiger partial charge in [-0.05, 0) is 37.1 Å². The van der Waals surface area contributed by atoms with Gasteiger partial charge in [0.2, 0.25) is 0 Å². The van der Waals surface area contributed by atoms with E-state index < -0.39 is 6.10 Å². The molecule has 0 unspecified atom stereocenters. The van der Waals surface area contributed by atoms with Crippen LogP contribution in [-0.4, -0.2) is 44.6 Å². The molecule has 0 saturated heterocycles. The summed E-state index contributed by atoms with van der Waals surface area (Å²) >= 11 is 5.96. The summed E-state index contributed by atoms with van der Waals surface area (Å²) in [6.07, 6.45) is -0.550. The molecule has 0 heterocycles. The minimum atomic E-state index is -0.550. The second-order valence-electron chi connectivity index (χ2n) is 4.53. The average Bonchev–Trinajstić information content (AvgIpc) is 2.33. The maximum Gasteiger partial charge on any atom is 0.125 e. The fourth-order valence-corrected chi connectivity index (χ4v) is 2.13. The summed E-state index contributed by atoms with van der Waals surface area (Å²) in [6.45, 7) is 5.96. The Kier molecular flexibility index (Phi) is 7.16. The van der Waals surface area contributed by atoms with Crippen molar-refractivity contribution < 1.29 is 14.6 Å². The van der Waals surface area contributed by atoms with E-state index in [0.29, 0.717) is 24.7 Å². The van der Waals surface area contributed by atoms with E-state index in [1.165, 1.54) is 0 Å². The van der Waals surface area contributed by atoms with Crippen LogP contribution in [0.1, 0.15) is 11.1 Å². The first-order chi connectivity index (χ1) is 9.04. The highest BCUT2D eigenvalue weighted by Gasteiger charge is 2.09. The number of ether oxygens (including phenoxy) is 2. The zero-order valence-electron chi connectivity index (χ0n) is 11.7. The van der Waals surface area contributed by atoms with Crippen LogP contribution in [0, 0.1) is 13.8 Å². The molecule has 0 aromatic heterocycles. The second kappa shape index (κ2) is 8.38. The van der Waals surface area contributed by atoms with E-state index in [1.807, 2.05) is 26.0 Å². The first kappa shape index (κ1) is 16.2. The van der Waals surface area contributed by atoms with Crippen LogP contribution in [0.2, 0.25) is 5.02 Å². The smallest absolute Gasteiger partial charge is 0.125 e. The third kappa shape index (κ3) is 5.78. The van der Waals surface area contributed by atoms with E-state index in [2.05, 4.69) is 5.32 Å². The van der Waals surface area contributed by atoms with Crippen molar-refractivity contribution in [3.05, 3.63) is 28.3 Å². The Balaban J connectivity index is 2.40. The van der Waals surface area contributed by atoms with Gasteiger partial charge in [-0.3, -0.25) is 0 Å². The van der Waals surface area contributed by atoms with Crippen molar-refractivity contribution in [3.63, 3.8) is 0 Å². The largest absolute Gasteiger partial charge is 0.490 e. The van der Waals surface area contributed by atoms with E-state index >= 15 is 0 Å². The third-order valence-corrected chi connectivity index (χ3v) is 2.93. The van der Waals surface area contributed by atoms with Crippen LogP contribution in [0.4, 0.5) is 0 Å². The SMILES string of the molecule is COCCNC[C@@H](O)COc1c(C)cc(Cl)cc1C. The molecule has 0 aliphatic carbocycles. The Morgan fingerprint density at radius 3 is 2.53 bits per heavy atom. The Bertz CT molecular complexity index is 375. The number of benzene rings is 1. The zero-order chi connectivity index (χ0) is 14.3. The minimum absolute atomic E-state index is 0.253. The lowest BCUT2D eigenvalue weighted by atomic mass is 10.1. The molecule has 0 aliphatic heterocycles. The van der Waals surface area contributed by atoms with Gasteiger partial charge in [0.05, 0.1) is 6.61 Å². The van der Waals surface area contributed by atoms with Crippen molar-refractivity contribution in [2.45, 2.75) is 20.0 Å². The molecule has 1 rings (SSSR count). The van der Waals surface area contributed by atoms with E-state index in [4.69, 9.17) is 21.1 Å². The summed E-state index contributed by atoms with van der Waals surface area (Å²) < 4.78 is 10.6. The maximum absolute atomic E-state index is 9.79. The van der Waals surface area contributed by atoms with Gasteiger partial charge in [0, 0.05) is 25.2 Å². The average molecular weight is 288 g/mol. The highest BCUT2D eigenvalue weighted by Crippen LogP contribution is 2.27.